The van der Waals surface area contributed by atoms with Crippen LogP contribution >= 0.6 is 0 Å². The van der Waals surface area contributed by atoms with Gasteiger partial charge in [0, 0.05) is 13.1 Å². The number of unbranched alkanes of at least 4 members (excludes halogenated alkanes) is 1. The minimum atomic E-state index is -0.514. The van der Waals surface area contributed by atoms with Crippen molar-refractivity contribution in [2.75, 3.05) is 6.54 Å². The third-order valence-corrected chi connectivity index (χ3v) is 4.67. The van der Waals surface area contributed by atoms with Crippen LogP contribution in [0, 0.1) is 6.92 Å². The van der Waals surface area contributed by atoms with Crippen molar-refractivity contribution in [1.29, 1.82) is 0 Å². The fourth-order valence-electron chi connectivity index (χ4n) is 2.88. The Kier molecular flexibility index (Phi) is 8.05. The van der Waals surface area contributed by atoms with Crippen LogP contribution in [0.15, 0.2) is 54.6 Å². The molecule has 1 N–H and O–H groups in total. The first-order valence-electron chi connectivity index (χ1n) is 9.68. The number of rotatable bonds is 9. The molecular formula is C23H30N2O2. The van der Waals surface area contributed by atoms with Crippen LogP contribution in [0.2, 0.25) is 0 Å². The molecule has 2 aromatic carbocycles. The van der Waals surface area contributed by atoms with E-state index in [9.17, 15) is 9.59 Å². The lowest BCUT2D eigenvalue weighted by Gasteiger charge is -2.29. The molecule has 0 saturated heterocycles. The van der Waals surface area contributed by atoms with E-state index in [1.165, 1.54) is 5.56 Å². The fourth-order valence-corrected chi connectivity index (χ4v) is 2.88. The molecule has 0 spiro atoms. The molecule has 0 heterocycles. The van der Waals surface area contributed by atoms with Crippen molar-refractivity contribution in [2.24, 2.45) is 0 Å². The zero-order valence-electron chi connectivity index (χ0n) is 16.6. The van der Waals surface area contributed by atoms with E-state index < -0.39 is 6.04 Å². The quantitative estimate of drug-likeness (QED) is 0.685. The third-order valence-electron chi connectivity index (χ3n) is 4.67. The maximum Gasteiger partial charge on any atom is 0.242 e. The van der Waals surface area contributed by atoms with Gasteiger partial charge in [0.2, 0.25) is 11.8 Å². The van der Waals surface area contributed by atoms with Gasteiger partial charge in [0.05, 0.1) is 6.42 Å². The number of carbonyl (C=O) groups is 2. The predicted molar refractivity (Wildman–Crippen MR) is 109 cm³/mol. The average Bonchev–Trinajstić information content (AvgIpc) is 2.67. The van der Waals surface area contributed by atoms with E-state index in [0.29, 0.717) is 19.5 Å². The topological polar surface area (TPSA) is 49.4 Å². The number of carbonyl (C=O) groups excluding carboxylic acids is 2. The first-order chi connectivity index (χ1) is 13.0. The molecule has 0 saturated carbocycles. The number of nitrogens with zero attached hydrogens (tertiary/aromatic N) is 1. The fraction of sp³-hybridized carbons (Fsp3) is 0.391. The largest absolute Gasteiger partial charge is 0.354 e. The van der Waals surface area contributed by atoms with Gasteiger partial charge < -0.3 is 10.2 Å². The minimum absolute atomic E-state index is 0.0417. The van der Waals surface area contributed by atoms with Crippen molar-refractivity contribution in [3.63, 3.8) is 0 Å². The van der Waals surface area contributed by atoms with E-state index in [4.69, 9.17) is 0 Å². The number of hydrogen-bond acceptors (Lipinski definition) is 2. The van der Waals surface area contributed by atoms with Gasteiger partial charge in [-0.3, -0.25) is 9.59 Å². The van der Waals surface area contributed by atoms with Crippen LogP contribution in [-0.4, -0.2) is 29.3 Å². The molecule has 0 aliphatic carbocycles. The lowest BCUT2D eigenvalue weighted by molar-refractivity contribution is -0.140. The second-order valence-electron chi connectivity index (χ2n) is 6.99. The Hall–Kier alpha value is -2.62. The highest BCUT2D eigenvalue weighted by Crippen LogP contribution is 2.13. The molecule has 0 aliphatic rings. The summed E-state index contributed by atoms with van der Waals surface area (Å²) in [5.41, 5.74) is 3.15. The Labute approximate surface area is 162 Å². The van der Waals surface area contributed by atoms with Crippen LogP contribution in [0.1, 0.15) is 43.4 Å². The summed E-state index contributed by atoms with van der Waals surface area (Å²) < 4.78 is 0. The van der Waals surface area contributed by atoms with Gasteiger partial charge >= 0.3 is 0 Å². The van der Waals surface area contributed by atoms with Crippen molar-refractivity contribution in [3.8, 4) is 0 Å². The number of benzene rings is 2. The highest BCUT2D eigenvalue weighted by Gasteiger charge is 2.25. The molecule has 0 aliphatic heterocycles. The highest BCUT2D eigenvalue weighted by molar-refractivity contribution is 5.88. The van der Waals surface area contributed by atoms with Crippen molar-refractivity contribution in [3.05, 3.63) is 71.3 Å². The summed E-state index contributed by atoms with van der Waals surface area (Å²) in [6.45, 7) is 6.99. The van der Waals surface area contributed by atoms with Crippen molar-refractivity contribution in [2.45, 2.75) is 52.6 Å². The first kappa shape index (κ1) is 20.7. The molecule has 0 bridgehead atoms. The molecule has 4 nitrogen and oxygen atoms in total. The summed E-state index contributed by atoms with van der Waals surface area (Å²) in [4.78, 5) is 27.2. The van der Waals surface area contributed by atoms with Gasteiger partial charge in [-0.15, -0.1) is 0 Å². The van der Waals surface area contributed by atoms with Gasteiger partial charge in [0.25, 0.3) is 0 Å². The van der Waals surface area contributed by atoms with Crippen molar-refractivity contribution >= 4 is 11.8 Å². The lowest BCUT2D eigenvalue weighted by Crippen LogP contribution is -2.48. The molecule has 0 aromatic heterocycles. The molecule has 2 aromatic rings. The average molecular weight is 367 g/mol. The summed E-state index contributed by atoms with van der Waals surface area (Å²) in [6, 6.07) is 17.2. The van der Waals surface area contributed by atoms with Crippen LogP contribution in [0.25, 0.3) is 0 Å². The zero-order chi connectivity index (χ0) is 19.6. The van der Waals surface area contributed by atoms with E-state index >= 15 is 0 Å². The number of nitrogens with one attached hydrogen (secondary N) is 1. The second kappa shape index (κ2) is 10.5. The normalized spacial score (nSPS) is 11.7. The summed E-state index contributed by atoms with van der Waals surface area (Å²) >= 11 is 0. The van der Waals surface area contributed by atoms with E-state index in [1.54, 1.807) is 11.8 Å². The summed E-state index contributed by atoms with van der Waals surface area (Å²) in [5.74, 6) is -0.142. The van der Waals surface area contributed by atoms with Crippen LogP contribution in [0.3, 0.4) is 0 Å². The Bertz CT molecular complexity index is 726. The molecule has 0 fully saturated rings. The molecule has 144 valence electrons. The molecule has 1 atom stereocenters. The van der Waals surface area contributed by atoms with Crippen molar-refractivity contribution < 1.29 is 9.59 Å². The van der Waals surface area contributed by atoms with E-state index in [2.05, 4.69) is 12.2 Å². The second-order valence-corrected chi connectivity index (χ2v) is 6.99. The molecule has 0 radical (unpaired) electrons. The predicted octanol–water partition coefficient (Wildman–Crippen LogP) is 3.87. The third kappa shape index (κ3) is 6.55. The Balaban J connectivity index is 2.14. The molecule has 27 heavy (non-hydrogen) atoms. The van der Waals surface area contributed by atoms with Gasteiger partial charge in [-0.05, 0) is 31.4 Å². The van der Waals surface area contributed by atoms with Crippen LogP contribution in [0.4, 0.5) is 0 Å². The Morgan fingerprint density at radius 1 is 1.00 bits per heavy atom. The van der Waals surface area contributed by atoms with Gasteiger partial charge in [-0.2, -0.15) is 0 Å². The number of hydrogen-bond donors (Lipinski definition) is 1. The highest BCUT2D eigenvalue weighted by atomic mass is 16.2. The number of aryl methyl sites for hydroxylation is 1. The molecular weight excluding hydrogens is 336 g/mol. The van der Waals surface area contributed by atoms with E-state index in [1.807, 2.05) is 61.5 Å². The molecule has 4 heteroatoms. The molecule has 2 amide bonds. The summed E-state index contributed by atoms with van der Waals surface area (Å²) in [6.07, 6.45) is 2.25. The zero-order valence-corrected chi connectivity index (χ0v) is 16.6. The first-order valence-corrected chi connectivity index (χ1v) is 9.68. The van der Waals surface area contributed by atoms with E-state index in [0.717, 1.165) is 24.0 Å². The van der Waals surface area contributed by atoms with Crippen LogP contribution < -0.4 is 5.32 Å². The standard InChI is InChI=1S/C23H30N2O2/c1-4-5-15-24-23(27)19(3)25(17-21-13-11-18(2)12-14-21)22(26)16-20-9-7-6-8-10-20/h6-14,19H,4-5,15-17H2,1-3H3,(H,24,27)/t19-/m1/s1. The van der Waals surface area contributed by atoms with Gasteiger partial charge in [0.15, 0.2) is 0 Å². The minimum Gasteiger partial charge on any atom is -0.354 e. The van der Waals surface area contributed by atoms with Gasteiger partial charge in [-0.1, -0.05) is 73.5 Å². The van der Waals surface area contributed by atoms with Gasteiger partial charge in [-0.25, -0.2) is 0 Å². The maximum atomic E-state index is 13.0. The monoisotopic (exact) mass is 366 g/mol. The SMILES string of the molecule is CCCCNC(=O)[C@@H](C)N(Cc1ccc(C)cc1)C(=O)Cc1ccccc1. The maximum absolute atomic E-state index is 13.0. The Morgan fingerprint density at radius 3 is 2.30 bits per heavy atom. The van der Waals surface area contributed by atoms with Crippen molar-refractivity contribution in [1.82, 2.24) is 10.2 Å². The van der Waals surface area contributed by atoms with Crippen LogP contribution in [-0.2, 0) is 22.6 Å². The van der Waals surface area contributed by atoms with Gasteiger partial charge in [0.1, 0.15) is 6.04 Å². The van der Waals surface area contributed by atoms with Crippen LogP contribution in [0.5, 0.6) is 0 Å². The summed E-state index contributed by atoms with van der Waals surface area (Å²) in [7, 11) is 0. The summed E-state index contributed by atoms with van der Waals surface area (Å²) in [5, 5.41) is 2.94. The molecule has 0 unspecified atom stereocenters. The smallest absolute Gasteiger partial charge is 0.242 e. The lowest BCUT2D eigenvalue weighted by atomic mass is 10.1. The number of amides is 2. The Morgan fingerprint density at radius 2 is 1.67 bits per heavy atom. The molecule has 2 rings (SSSR count). The van der Waals surface area contributed by atoms with E-state index in [-0.39, 0.29) is 11.8 Å².